The largest absolute Gasteiger partial charge is 0.423 e. The lowest BCUT2D eigenvalue weighted by Crippen LogP contribution is -2.03. The first-order valence-corrected chi connectivity index (χ1v) is 6.95. The molecule has 2 rings (SSSR count). The Kier molecular flexibility index (Phi) is 3.82. The van der Waals surface area contributed by atoms with Gasteiger partial charge in [-0.05, 0) is 22.5 Å². The number of nitrogens with zero attached hydrogens (tertiary/aromatic N) is 3. The summed E-state index contributed by atoms with van der Waals surface area (Å²) in [4.78, 5) is 19.1. The molecule has 17 heavy (non-hydrogen) atoms. The molecule has 0 amide bonds. The number of halogens is 1. The minimum Gasteiger partial charge on any atom is -0.423 e. The molecule has 0 aromatic carbocycles. The number of pyridine rings is 1. The summed E-state index contributed by atoms with van der Waals surface area (Å²) in [7, 11) is 2.56. The minimum absolute atomic E-state index is 0.300. The smallest absolute Gasteiger partial charge is 0.308 e. The summed E-state index contributed by atoms with van der Waals surface area (Å²) in [5.41, 5.74) is 0. The fourth-order valence-corrected chi connectivity index (χ4v) is 2.99. The van der Waals surface area contributed by atoms with Crippen LogP contribution in [-0.2, 0) is 4.79 Å². The highest BCUT2D eigenvalue weighted by Crippen LogP contribution is 2.24. The molecule has 0 aliphatic heterocycles. The third-order valence-corrected chi connectivity index (χ3v) is 3.79. The molecule has 8 heteroatoms. The normalized spacial score (nSPS) is 11.5. The van der Waals surface area contributed by atoms with Crippen molar-refractivity contribution in [3.05, 3.63) is 28.2 Å². The van der Waals surface area contributed by atoms with Gasteiger partial charge >= 0.3 is 5.97 Å². The van der Waals surface area contributed by atoms with Crippen molar-refractivity contribution >= 4 is 44.3 Å². The van der Waals surface area contributed by atoms with Gasteiger partial charge in [0.15, 0.2) is 21.4 Å². The molecule has 0 fully saturated rings. The lowest BCUT2D eigenvalue weighted by molar-refractivity contribution is -0.131. The predicted molar refractivity (Wildman–Crippen MR) is 65.8 cm³/mol. The summed E-state index contributed by atoms with van der Waals surface area (Å²) >= 11 is 5.83. The van der Waals surface area contributed by atoms with Crippen molar-refractivity contribution in [1.82, 2.24) is 9.36 Å². The number of hydrogen-bond acceptors (Lipinski definition) is 7. The van der Waals surface area contributed by atoms with Crippen molar-refractivity contribution in [2.24, 2.45) is 4.99 Å². The van der Waals surface area contributed by atoms with E-state index in [1.54, 1.807) is 18.3 Å². The Balaban J connectivity index is 2.46. The Hall–Kier alpha value is -1.31. The molecule has 0 saturated heterocycles. The van der Waals surface area contributed by atoms with Crippen molar-refractivity contribution < 1.29 is 9.53 Å². The Labute approximate surface area is 109 Å². The molecule has 0 radical (unpaired) electrons. The number of hydrogen-bond donors (Lipinski definition) is 0. The molecule has 2 heterocycles. The molecule has 88 valence electrons. The molecule has 0 aliphatic rings. The molecule has 2 aromatic rings. The molecule has 0 unspecified atom stereocenters. The van der Waals surface area contributed by atoms with E-state index < -0.39 is 5.97 Å². The lowest BCUT2D eigenvalue weighted by Gasteiger charge is -2.02. The molecule has 0 spiro atoms. The number of carbonyl (C=O) groups is 1. The summed E-state index contributed by atoms with van der Waals surface area (Å²) in [6.07, 6.45) is 1.56. The van der Waals surface area contributed by atoms with Crippen molar-refractivity contribution in [2.75, 3.05) is 0 Å². The molecule has 0 atom stereocenters. The molecule has 0 N–H and O–H groups in total. The van der Waals surface area contributed by atoms with Gasteiger partial charge in [0.25, 0.3) is 0 Å². The van der Waals surface area contributed by atoms with Gasteiger partial charge in [-0.15, -0.1) is 0 Å². The Morgan fingerprint density at radius 1 is 1.59 bits per heavy atom. The third-order valence-electron chi connectivity index (χ3n) is 1.62. The van der Waals surface area contributed by atoms with Gasteiger partial charge in [-0.2, -0.15) is 4.37 Å². The molecule has 0 aliphatic carbocycles. The van der Waals surface area contributed by atoms with Gasteiger partial charge in [0.1, 0.15) is 0 Å². The van der Waals surface area contributed by atoms with Gasteiger partial charge in [-0.25, -0.2) is 9.98 Å². The van der Waals surface area contributed by atoms with E-state index in [9.17, 15) is 4.79 Å². The molecular formula is C9H6ClN3O2S2. The first-order chi connectivity index (χ1) is 8.16. The topological polar surface area (TPSA) is 64.4 Å². The van der Waals surface area contributed by atoms with E-state index in [2.05, 4.69) is 14.3 Å². The monoisotopic (exact) mass is 287 g/mol. The first-order valence-electron chi connectivity index (χ1n) is 4.46. The quantitative estimate of drug-likeness (QED) is 0.628. The SMILES string of the molecule is CC(=O)Oc1cccnc1N=c1ssnc1Cl. The summed E-state index contributed by atoms with van der Waals surface area (Å²) in [6.45, 7) is 1.32. The van der Waals surface area contributed by atoms with Crippen LogP contribution in [0.25, 0.3) is 0 Å². The van der Waals surface area contributed by atoms with Crippen LogP contribution in [0.3, 0.4) is 0 Å². The Morgan fingerprint density at radius 2 is 2.41 bits per heavy atom. The standard InChI is InChI=1S/C9H6ClN3O2S2/c1-5(14)15-6-3-2-4-11-8(6)12-9-7(10)13-17-16-9/h2-4H,1H3. The number of ether oxygens (including phenoxy) is 1. The second-order valence-corrected chi connectivity index (χ2v) is 5.07. The summed E-state index contributed by atoms with van der Waals surface area (Å²) in [6, 6.07) is 3.28. The van der Waals surface area contributed by atoms with E-state index >= 15 is 0 Å². The van der Waals surface area contributed by atoms with Gasteiger partial charge in [-0.1, -0.05) is 11.6 Å². The Morgan fingerprint density at radius 3 is 3.06 bits per heavy atom. The van der Waals surface area contributed by atoms with Crippen molar-refractivity contribution in [1.29, 1.82) is 0 Å². The highest BCUT2D eigenvalue weighted by atomic mass is 35.5. The van der Waals surface area contributed by atoms with E-state index in [1.807, 2.05) is 0 Å². The second kappa shape index (κ2) is 5.35. The average Bonchev–Trinajstić information content (AvgIpc) is 2.67. The maximum atomic E-state index is 10.9. The van der Waals surface area contributed by atoms with Crippen LogP contribution >= 0.6 is 32.5 Å². The fourth-order valence-electron chi connectivity index (χ4n) is 1.02. The van der Waals surface area contributed by atoms with Gasteiger partial charge in [-0.3, -0.25) is 4.79 Å². The third kappa shape index (κ3) is 3.09. The molecular weight excluding hydrogens is 282 g/mol. The fraction of sp³-hybridized carbons (Fsp3) is 0.111. The molecule has 0 saturated carbocycles. The van der Waals surface area contributed by atoms with E-state index in [0.29, 0.717) is 21.4 Å². The molecule has 5 nitrogen and oxygen atoms in total. The van der Waals surface area contributed by atoms with Crippen LogP contribution < -0.4 is 9.41 Å². The summed E-state index contributed by atoms with van der Waals surface area (Å²) < 4.78 is 9.43. The number of aromatic nitrogens is 2. The summed E-state index contributed by atoms with van der Waals surface area (Å²) in [5.74, 6) is 0.184. The lowest BCUT2D eigenvalue weighted by atomic mass is 10.4. The van der Waals surface area contributed by atoms with Crippen LogP contribution in [0.5, 0.6) is 5.75 Å². The van der Waals surface area contributed by atoms with E-state index in [1.165, 1.54) is 27.8 Å². The molecule has 2 aromatic heterocycles. The van der Waals surface area contributed by atoms with Crippen molar-refractivity contribution in [3.63, 3.8) is 0 Å². The number of rotatable bonds is 2. The van der Waals surface area contributed by atoms with Crippen LogP contribution in [-0.4, -0.2) is 15.3 Å². The zero-order valence-corrected chi connectivity index (χ0v) is 11.0. The number of esters is 1. The van der Waals surface area contributed by atoms with E-state index in [-0.39, 0.29) is 0 Å². The average molecular weight is 288 g/mol. The van der Waals surface area contributed by atoms with Gasteiger partial charge in [0.05, 0.1) is 0 Å². The number of carbonyl (C=O) groups excluding carboxylic acids is 1. The zero-order chi connectivity index (χ0) is 12.3. The van der Waals surface area contributed by atoms with E-state index in [0.717, 1.165) is 0 Å². The minimum atomic E-state index is -0.423. The van der Waals surface area contributed by atoms with Crippen LogP contribution in [0.15, 0.2) is 23.3 Å². The van der Waals surface area contributed by atoms with Gasteiger partial charge < -0.3 is 4.74 Å². The molecule has 0 bridgehead atoms. The van der Waals surface area contributed by atoms with Gasteiger partial charge in [0, 0.05) is 23.7 Å². The highest BCUT2D eigenvalue weighted by molar-refractivity contribution is 7.66. The zero-order valence-electron chi connectivity index (χ0n) is 8.58. The first kappa shape index (κ1) is 12.2. The second-order valence-electron chi connectivity index (χ2n) is 2.88. The Bertz CT molecular complexity index is 608. The van der Waals surface area contributed by atoms with Crippen LogP contribution in [0.1, 0.15) is 6.92 Å². The van der Waals surface area contributed by atoms with Crippen molar-refractivity contribution in [2.45, 2.75) is 6.92 Å². The van der Waals surface area contributed by atoms with E-state index in [4.69, 9.17) is 16.3 Å². The van der Waals surface area contributed by atoms with Crippen molar-refractivity contribution in [3.8, 4) is 5.75 Å². The summed E-state index contributed by atoms with van der Waals surface area (Å²) in [5, 5.41) is 0.319. The highest BCUT2D eigenvalue weighted by Gasteiger charge is 2.07. The predicted octanol–water partition coefficient (Wildman–Crippen LogP) is 2.41. The van der Waals surface area contributed by atoms with Crippen LogP contribution in [0.2, 0.25) is 5.15 Å². The van der Waals surface area contributed by atoms with Gasteiger partial charge in [0.2, 0.25) is 0 Å². The maximum absolute atomic E-state index is 10.9. The van der Waals surface area contributed by atoms with Crippen LogP contribution in [0.4, 0.5) is 5.82 Å². The maximum Gasteiger partial charge on any atom is 0.308 e. The van der Waals surface area contributed by atoms with Crippen LogP contribution in [0, 0.1) is 0 Å².